The Hall–Kier alpha value is -1.56. The van der Waals surface area contributed by atoms with E-state index in [1.54, 1.807) is 19.3 Å². The summed E-state index contributed by atoms with van der Waals surface area (Å²) in [6.07, 6.45) is 3.56. The lowest BCUT2D eigenvalue weighted by Crippen LogP contribution is -2.52. The molecule has 1 heterocycles. The van der Waals surface area contributed by atoms with Crippen LogP contribution in [0.25, 0.3) is 0 Å². The minimum atomic E-state index is -0.609. The summed E-state index contributed by atoms with van der Waals surface area (Å²) in [5.74, 6) is 0.0321. The van der Waals surface area contributed by atoms with Crippen LogP contribution in [-0.2, 0) is 14.3 Å². The summed E-state index contributed by atoms with van der Waals surface area (Å²) in [5, 5.41) is 2.98. The molecule has 0 spiro atoms. The highest BCUT2D eigenvalue weighted by molar-refractivity contribution is 8.00. The molecular weight excluding hydrogens is 300 g/mol. The number of nitrogens with one attached hydrogen (secondary N) is 1. The maximum atomic E-state index is 12.2. The number of ether oxygens (including phenoxy) is 1. The van der Waals surface area contributed by atoms with Crippen molar-refractivity contribution >= 4 is 23.6 Å². The van der Waals surface area contributed by atoms with Gasteiger partial charge >= 0.3 is 5.97 Å². The predicted molar refractivity (Wildman–Crippen MR) is 87.6 cm³/mol. The highest BCUT2D eigenvalue weighted by Gasteiger charge is 2.33. The largest absolute Gasteiger partial charge is 0.466 e. The second-order valence-electron chi connectivity index (χ2n) is 5.57. The number of thioether (sulfide) groups is 1. The number of carbonyl (C=O) groups is 2. The minimum absolute atomic E-state index is 0.0951. The maximum absolute atomic E-state index is 12.2. The van der Waals surface area contributed by atoms with Crippen LogP contribution in [0.1, 0.15) is 34.1 Å². The van der Waals surface area contributed by atoms with Crippen LogP contribution in [0, 0.1) is 5.92 Å². The number of esters is 1. The molecule has 1 aromatic rings. The van der Waals surface area contributed by atoms with E-state index in [0.717, 1.165) is 4.90 Å². The van der Waals surface area contributed by atoms with E-state index in [1.165, 1.54) is 11.8 Å². The Morgan fingerprint density at radius 1 is 1.36 bits per heavy atom. The van der Waals surface area contributed by atoms with Crippen LogP contribution in [0.5, 0.6) is 0 Å². The number of hydrogen-bond acceptors (Lipinski definition) is 5. The van der Waals surface area contributed by atoms with Crippen LogP contribution < -0.4 is 5.32 Å². The fraction of sp³-hybridized carbons (Fsp3) is 0.562. The Balaban J connectivity index is 2.58. The van der Waals surface area contributed by atoms with Gasteiger partial charge in [-0.05, 0) is 31.9 Å². The molecule has 0 radical (unpaired) electrons. The maximum Gasteiger partial charge on any atom is 0.308 e. The number of hydrogen-bond donors (Lipinski definition) is 1. The van der Waals surface area contributed by atoms with E-state index in [1.807, 2.05) is 32.9 Å². The minimum Gasteiger partial charge on any atom is -0.466 e. The Morgan fingerprint density at radius 2 is 2.00 bits per heavy atom. The monoisotopic (exact) mass is 324 g/mol. The average Bonchev–Trinajstić information content (AvgIpc) is 2.46. The third-order valence-corrected chi connectivity index (χ3v) is 4.55. The Kier molecular flexibility index (Phi) is 7.38. The van der Waals surface area contributed by atoms with Gasteiger partial charge in [-0.15, -0.1) is 11.8 Å². The number of rotatable bonds is 8. The van der Waals surface area contributed by atoms with E-state index in [2.05, 4.69) is 10.3 Å². The molecule has 0 bridgehead atoms. The number of carbonyl (C=O) groups excluding carboxylic acids is 2. The fourth-order valence-corrected chi connectivity index (χ4v) is 2.53. The molecule has 122 valence electrons. The van der Waals surface area contributed by atoms with Gasteiger partial charge in [0.2, 0.25) is 5.91 Å². The van der Waals surface area contributed by atoms with E-state index < -0.39 is 5.54 Å². The number of nitrogens with zero attached hydrogens (tertiary/aromatic N) is 1. The average molecular weight is 324 g/mol. The molecule has 6 heteroatoms. The smallest absolute Gasteiger partial charge is 0.308 e. The van der Waals surface area contributed by atoms with Gasteiger partial charge in [-0.3, -0.25) is 14.6 Å². The number of amides is 1. The van der Waals surface area contributed by atoms with Crippen molar-refractivity contribution < 1.29 is 14.3 Å². The SMILES string of the molecule is CCOC(=O)CC(C)(NC(=O)CSc1ccncc1)C(C)C. The van der Waals surface area contributed by atoms with Crippen molar-refractivity contribution in [3.8, 4) is 0 Å². The lowest BCUT2D eigenvalue weighted by Gasteiger charge is -2.34. The molecular formula is C16H24N2O3S. The third-order valence-electron chi connectivity index (χ3n) is 3.54. The van der Waals surface area contributed by atoms with Gasteiger partial charge in [0.05, 0.1) is 18.8 Å². The molecule has 22 heavy (non-hydrogen) atoms. The molecule has 0 aromatic carbocycles. The van der Waals surface area contributed by atoms with E-state index in [0.29, 0.717) is 12.4 Å². The van der Waals surface area contributed by atoms with Crippen molar-refractivity contribution in [3.05, 3.63) is 24.5 Å². The van der Waals surface area contributed by atoms with Crippen molar-refractivity contribution in [2.24, 2.45) is 5.92 Å². The topological polar surface area (TPSA) is 68.3 Å². The first-order valence-electron chi connectivity index (χ1n) is 7.37. The van der Waals surface area contributed by atoms with E-state index >= 15 is 0 Å². The molecule has 0 aliphatic rings. The molecule has 0 fully saturated rings. The molecule has 5 nitrogen and oxygen atoms in total. The lowest BCUT2D eigenvalue weighted by molar-refractivity contribution is -0.145. The quantitative estimate of drug-likeness (QED) is 0.588. The summed E-state index contributed by atoms with van der Waals surface area (Å²) >= 11 is 1.44. The summed E-state index contributed by atoms with van der Waals surface area (Å²) in [7, 11) is 0. The zero-order valence-corrected chi connectivity index (χ0v) is 14.4. The Morgan fingerprint density at radius 3 is 2.55 bits per heavy atom. The summed E-state index contributed by atoms with van der Waals surface area (Å²) < 4.78 is 5.00. The van der Waals surface area contributed by atoms with Crippen molar-refractivity contribution in [1.82, 2.24) is 10.3 Å². The van der Waals surface area contributed by atoms with Crippen LogP contribution in [0.2, 0.25) is 0 Å². The van der Waals surface area contributed by atoms with Crippen LogP contribution in [-0.4, -0.2) is 34.8 Å². The van der Waals surface area contributed by atoms with Crippen molar-refractivity contribution in [2.75, 3.05) is 12.4 Å². The molecule has 0 saturated heterocycles. The van der Waals surface area contributed by atoms with Gasteiger partial charge in [0.25, 0.3) is 0 Å². The fourth-order valence-electron chi connectivity index (χ4n) is 1.84. The predicted octanol–water partition coefficient (Wildman–Crippen LogP) is 2.66. The molecule has 0 aliphatic heterocycles. The molecule has 1 aromatic heterocycles. The molecule has 0 saturated carbocycles. The molecule has 1 atom stereocenters. The second-order valence-corrected chi connectivity index (χ2v) is 6.62. The van der Waals surface area contributed by atoms with Crippen LogP contribution >= 0.6 is 11.8 Å². The Labute approximate surface area is 136 Å². The van der Waals surface area contributed by atoms with Gasteiger partial charge in [-0.1, -0.05) is 13.8 Å². The van der Waals surface area contributed by atoms with Gasteiger partial charge in [0.15, 0.2) is 0 Å². The zero-order chi connectivity index (χ0) is 16.6. The van der Waals surface area contributed by atoms with E-state index in [9.17, 15) is 9.59 Å². The number of aromatic nitrogens is 1. The highest BCUT2D eigenvalue weighted by Crippen LogP contribution is 2.22. The van der Waals surface area contributed by atoms with Crippen LogP contribution in [0.3, 0.4) is 0 Å². The van der Waals surface area contributed by atoms with Gasteiger partial charge in [0, 0.05) is 22.8 Å². The van der Waals surface area contributed by atoms with Gasteiger partial charge in [0.1, 0.15) is 0 Å². The summed E-state index contributed by atoms with van der Waals surface area (Å²) in [5.41, 5.74) is -0.609. The Bertz CT molecular complexity index is 493. The summed E-state index contributed by atoms with van der Waals surface area (Å²) in [6.45, 7) is 7.96. The van der Waals surface area contributed by atoms with Crippen molar-refractivity contribution in [2.45, 2.75) is 44.6 Å². The number of pyridine rings is 1. The van der Waals surface area contributed by atoms with E-state index in [4.69, 9.17) is 4.74 Å². The molecule has 1 amide bonds. The summed E-state index contributed by atoms with van der Waals surface area (Å²) in [4.78, 5) is 28.8. The summed E-state index contributed by atoms with van der Waals surface area (Å²) in [6, 6.07) is 3.72. The van der Waals surface area contributed by atoms with Gasteiger partial charge < -0.3 is 10.1 Å². The molecule has 1 rings (SSSR count). The van der Waals surface area contributed by atoms with Crippen molar-refractivity contribution in [1.29, 1.82) is 0 Å². The van der Waals surface area contributed by atoms with Crippen LogP contribution in [0.4, 0.5) is 0 Å². The third kappa shape index (κ3) is 6.05. The van der Waals surface area contributed by atoms with Crippen LogP contribution in [0.15, 0.2) is 29.4 Å². The van der Waals surface area contributed by atoms with Gasteiger partial charge in [-0.25, -0.2) is 0 Å². The standard InChI is InChI=1S/C16H24N2O3S/c1-5-21-15(20)10-16(4,12(2)3)18-14(19)11-22-13-6-8-17-9-7-13/h6-9,12H,5,10-11H2,1-4H3,(H,18,19). The molecule has 1 unspecified atom stereocenters. The normalized spacial score (nSPS) is 13.5. The first-order chi connectivity index (χ1) is 10.4. The molecule has 0 aliphatic carbocycles. The highest BCUT2D eigenvalue weighted by atomic mass is 32.2. The second kappa shape index (κ2) is 8.78. The lowest BCUT2D eigenvalue weighted by atomic mass is 9.85. The first kappa shape index (κ1) is 18.5. The zero-order valence-electron chi connectivity index (χ0n) is 13.6. The van der Waals surface area contributed by atoms with Crippen molar-refractivity contribution in [3.63, 3.8) is 0 Å². The van der Waals surface area contributed by atoms with Gasteiger partial charge in [-0.2, -0.15) is 0 Å². The van der Waals surface area contributed by atoms with E-state index in [-0.39, 0.29) is 24.2 Å². The molecule has 1 N–H and O–H groups in total. The first-order valence-corrected chi connectivity index (χ1v) is 8.35.